The first-order valence-corrected chi connectivity index (χ1v) is 4.90. The van der Waals surface area contributed by atoms with Crippen molar-refractivity contribution in [3.05, 3.63) is 29.0 Å². The van der Waals surface area contributed by atoms with Gasteiger partial charge in [-0.3, -0.25) is 16.3 Å². The first-order chi connectivity index (χ1) is 6.45. The Hall–Kier alpha value is -0.640. The molecule has 3 N–H and O–H groups in total. The number of pyridine rings is 1. The Morgan fingerprint density at radius 2 is 2.07 bits per heavy atom. The zero-order valence-electron chi connectivity index (χ0n) is 8.71. The molecule has 0 fully saturated rings. The summed E-state index contributed by atoms with van der Waals surface area (Å²) < 4.78 is 0. The summed E-state index contributed by atoms with van der Waals surface area (Å²) in [6, 6.07) is 3.73. The molecule has 0 bridgehead atoms. The van der Waals surface area contributed by atoms with E-state index in [0.717, 1.165) is 5.69 Å². The van der Waals surface area contributed by atoms with E-state index in [1.165, 1.54) is 0 Å². The average Bonchev–Trinajstić information content (AvgIpc) is 2.07. The second-order valence-electron chi connectivity index (χ2n) is 4.37. The van der Waals surface area contributed by atoms with Crippen molar-refractivity contribution in [1.82, 2.24) is 10.4 Å². The second kappa shape index (κ2) is 4.26. The monoisotopic (exact) mass is 213 g/mol. The van der Waals surface area contributed by atoms with E-state index in [1.807, 2.05) is 12.1 Å². The molecule has 0 saturated carbocycles. The minimum atomic E-state index is 0.0234. The average molecular weight is 214 g/mol. The Morgan fingerprint density at radius 1 is 1.43 bits per heavy atom. The van der Waals surface area contributed by atoms with Crippen molar-refractivity contribution < 1.29 is 0 Å². The van der Waals surface area contributed by atoms with Crippen molar-refractivity contribution in [2.45, 2.75) is 26.8 Å². The lowest BCUT2D eigenvalue weighted by Gasteiger charge is -2.29. The lowest BCUT2D eigenvalue weighted by molar-refractivity contribution is 0.270. The molecule has 1 heterocycles. The van der Waals surface area contributed by atoms with Crippen molar-refractivity contribution in [2.24, 2.45) is 11.3 Å². The van der Waals surface area contributed by atoms with Gasteiger partial charge in [-0.25, -0.2) is 0 Å². The molecule has 0 saturated heterocycles. The van der Waals surface area contributed by atoms with Gasteiger partial charge in [0.2, 0.25) is 0 Å². The molecule has 14 heavy (non-hydrogen) atoms. The van der Waals surface area contributed by atoms with E-state index < -0.39 is 0 Å². The Labute approximate surface area is 89.6 Å². The maximum Gasteiger partial charge on any atom is 0.0680 e. The Morgan fingerprint density at radius 3 is 2.43 bits per heavy atom. The number of nitrogens with two attached hydrogens (primary N) is 1. The minimum Gasteiger partial charge on any atom is -0.271 e. The van der Waals surface area contributed by atoms with Crippen molar-refractivity contribution in [2.75, 3.05) is 0 Å². The van der Waals surface area contributed by atoms with Gasteiger partial charge in [-0.2, -0.15) is 0 Å². The Balaban J connectivity index is 2.96. The Bertz CT molecular complexity index is 289. The zero-order chi connectivity index (χ0) is 10.8. The van der Waals surface area contributed by atoms with Crippen LogP contribution in [0.1, 0.15) is 32.5 Å². The fourth-order valence-electron chi connectivity index (χ4n) is 1.34. The minimum absolute atomic E-state index is 0.0234. The number of hydrazine groups is 1. The van der Waals surface area contributed by atoms with Crippen molar-refractivity contribution >= 4 is 11.6 Å². The van der Waals surface area contributed by atoms with Gasteiger partial charge < -0.3 is 0 Å². The maximum atomic E-state index is 5.76. The van der Waals surface area contributed by atoms with Gasteiger partial charge in [0, 0.05) is 6.20 Å². The van der Waals surface area contributed by atoms with E-state index >= 15 is 0 Å². The molecule has 78 valence electrons. The number of hydrogen-bond donors (Lipinski definition) is 2. The van der Waals surface area contributed by atoms with Gasteiger partial charge >= 0.3 is 0 Å². The summed E-state index contributed by atoms with van der Waals surface area (Å²) in [7, 11) is 0. The smallest absolute Gasteiger partial charge is 0.0680 e. The Kier molecular flexibility index (Phi) is 3.48. The molecule has 3 nitrogen and oxygen atoms in total. The fraction of sp³-hybridized carbons (Fsp3) is 0.500. The number of aromatic nitrogens is 1. The third-order valence-electron chi connectivity index (χ3n) is 2.08. The summed E-state index contributed by atoms with van der Waals surface area (Å²) in [5, 5.41) is 0.637. The van der Waals surface area contributed by atoms with Crippen molar-refractivity contribution in [3.63, 3.8) is 0 Å². The number of halogens is 1. The molecule has 0 aromatic carbocycles. The van der Waals surface area contributed by atoms with Gasteiger partial charge in [-0.05, 0) is 17.5 Å². The molecule has 1 rings (SSSR count). The molecule has 0 spiro atoms. The van der Waals surface area contributed by atoms with Crippen molar-refractivity contribution in [3.8, 4) is 0 Å². The van der Waals surface area contributed by atoms with Gasteiger partial charge in [-0.15, -0.1) is 0 Å². The van der Waals surface area contributed by atoms with Crippen LogP contribution in [0.2, 0.25) is 5.02 Å². The molecule has 1 unspecified atom stereocenters. The number of rotatable bonds is 2. The van der Waals surface area contributed by atoms with Crippen LogP contribution < -0.4 is 11.3 Å². The molecule has 0 amide bonds. The summed E-state index contributed by atoms with van der Waals surface area (Å²) in [4.78, 5) is 4.24. The van der Waals surface area contributed by atoms with Gasteiger partial charge in [-0.1, -0.05) is 32.4 Å². The number of nitrogens with zero attached hydrogens (tertiary/aromatic N) is 1. The van der Waals surface area contributed by atoms with E-state index in [-0.39, 0.29) is 11.5 Å². The molecule has 1 atom stereocenters. The van der Waals surface area contributed by atoms with E-state index in [9.17, 15) is 0 Å². The summed E-state index contributed by atoms with van der Waals surface area (Å²) in [6.45, 7) is 6.31. The molecule has 0 radical (unpaired) electrons. The highest BCUT2D eigenvalue weighted by atomic mass is 35.5. The van der Waals surface area contributed by atoms with E-state index in [0.29, 0.717) is 5.02 Å². The first kappa shape index (κ1) is 11.4. The van der Waals surface area contributed by atoms with E-state index in [1.54, 1.807) is 6.20 Å². The second-order valence-corrected chi connectivity index (χ2v) is 4.80. The van der Waals surface area contributed by atoms with Crippen LogP contribution in [0.3, 0.4) is 0 Å². The molecular formula is C10H16ClN3. The molecule has 4 heteroatoms. The van der Waals surface area contributed by atoms with Crippen molar-refractivity contribution in [1.29, 1.82) is 0 Å². The summed E-state index contributed by atoms with van der Waals surface area (Å²) >= 11 is 5.76. The van der Waals surface area contributed by atoms with Crippen LogP contribution in [0.25, 0.3) is 0 Å². The van der Waals surface area contributed by atoms with Crippen LogP contribution in [-0.2, 0) is 0 Å². The number of hydrogen-bond acceptors (Lipinski definition) is 3. The highest BCUT2D eigenvalue weighted by Crippen LogP contribution is 2.30. The quantitative estimate of drug-likeness (QED) is 0.586. The highest BCUT2D eigenvalue weighted by molar-refractivity contribution is 6.30. The van der Waals surface area contributed by atoms with Gasteiger partial charge in [0.25, 0.3) is 0 Å². The molecule has 0 aliphatic rings. The largest absolute Gasteiger partial charge is 0.271 e. The predicted octanol–water partition coefficient (Wildman–Crippen LogP) is 2.29. The maximum absolute atomic E-state index is 5.76. The van der Waals surface area contributed by atoms with E-state index in [4.69, 9.17) is 17.4 Å². The van der Waals surface area contributed by atoms with Crippen LogP contribution >= 0.6 is 11.6 Å². The predicted molar refractivity (Wildman–Crippen MR) is 58.8 cm³/mol. The van der Waals surface area contributed by atoms with Crippen LogP contribution in [0.5, 0.6) is 0 Å². The standard InChI is InChI=1S/C10H16ClN3/c1-10(2,3)9(14-12)8-5-4-7(11)6-13-8/h4-6,9,14H,12H2,1-3H3. The lowest BCUT2D eigenvalue weighted by Crippen LogP contribution is -2.37. The van der Waals surface area contributed by atoms with Crippen LogP contribution in [0, 0.1) is 5.41 Å². The molecule has 0 aliphatic carbocycles. The lowest BCUT2D eigenvalue weighted by atomic mass is 9.85. The molecule has 1 aromatic rings. The summed E-state index contributed by atoms with van der Waals surface area (Å²) in [5.74, 6) is 5.51. The highest BCUT2D eigenvalue weighted by Gasteiger charge is 2.25. The van der Waals surface area contributed by atoms with Gasteiger partial charge in [0.15, 0.2) is 0 Å². The molecular weight excluding hydrogens is 198 g/mol. The van der Waals surface area contributed by atoms with Gasteiger partial charge in [0.1, 0.15) is 0 Å². The normalized spacial score (nSPS) is 14.1. The van der Waals surface area contributed by atoms with Crippen LogP contribution in [0.15, 0.2) is 18.3 Å². The third kappa shape index (κ3) is 2.67. The fourth-order valence-corrected chi connectivity index (χ4v) is 1.45. The topological polar surface area (TPSA) is 50.9 Å². The van der Waals surface area contributed by atoms with E-state index in [2.05, 4.69) is 31.2 Å². The summed E-state index contributed by atoms with van der Waals surface area (Å²) in [5.41, 5.74) is 3.70. The van der Waals surface area contributed by atoms with Crippen LogP contribution in [0.4, 0.5) is 0 Å². The number of nitrogens with one attached hydrogen (secondary N) is 1. The SMILES string of the molecule is CC(C)(C)C(NN)c1ccc(Cl)cn1. The van der Waals surface area contributed by atoms with Crippen LogP contribution in [-0.4, -0.2) is 4.98 Å². The summed E-state index contributed by atoms with van der Waals surface area (Å²) in [6.07, 6.45) is 1.63. The zero-order valence-corrected chi connectivity index (χ0v) is 9.47. The molecule has 1 aromatic heterocycles. The van der Waals surface area contributed by atoms with Gasteiger partial charge in [0.05, 0.1) is 16.8 Å². The third-order valence-corrected chi connectivity index (χ3v) is 2.30. The first-order valence-electron chi connectivity index (χ1n) is 4.52. The molecule has 0 aliphatic heterocycles.